The summed E-state index contributed by atoms with van der Waals surface area (Å²) in [6, 6.07) is 12.0. The second kappa shape index (κ2) is 8.96. The van der Waals surface area contributed by atoms with Crippen LogP contribution in [0.4, 0.5) is 18.9 Å². The van der Waals surface area contributed by atoms with E-state index in [-0.39, 0.29) is 5.02 Å². The number of alkyl halides is 3. The van der Waals surface area contributed by atoms with Crippen molar-refractivity contribution in [1.29, 1.82) is 0 Å². The summed E-state index contributed by atoms with van der Waals surface area (Å²) in [5.74, 6) is -1.75. The molecule has 30 heavy (non-hydrogen) atoms. The van der Waals surface area contributed by atoms with E-state index in [1.54, 1.807) is 24.4 Å². The molecule has 0 radical (unpaired) electrons. The zero-order valence-electron chi connectivity index (χ0n) is 15.2. The zero-order valence-corrected chi connectivity index (χ0v) is 16.0. The van der Waals surface area contributed by atoms with Gasteiger partial charge in [-0.2, -0.15) is 13.2 Å². The SMILES string of the molecule is O=C(COC(=O)/C=C/c1cccc2cccnc12)Nc1ccc(Cl)cc1C(F)(F)F. The molecule has 0 fully saturated rings. The molecule has 5 nitrogen and oxygen atoms in total. The van der Waals surface area contributed by atoms with Crippen LogP contribution in [0.5, 0.6) is 0 Å². The van der Waals surface area contributed by atoms with Gasteiger partial charge in [-0.25, -0.2) is 4.79 Å². The van der Waals surface area contributed by atoms with Crippen molar-refractivity contribution in [1.82, 2.24) is 4.98 Å². The predicted octanol–water partition coefficient (Wildman–Crippen LogP) is 5.10. The number of carbonyl (C=O) groups excluding carboxylic acids is 2. The number of anilines is 1. The molecule has 0 unspecified atom stereocenters. The van der Waals surface area contributed by atoms with Gasteiger partial charge in [0.2, 0.25) is 0 Å². The topological polar surface area (TPSA) is 68.3 Å². The molecule has 9 heteroatoms. The maximum Gasteiger partial charge on any atom is 0.418 e. The standard InChI is InChI=1S/C21H14ClF3N2O3/c22-15-7-8-17(16(11-15)21(23,24)25)27-18(28)12-30-19(29)9-6-14-4-1-3-13-5-2-10-26-20(13)14/h1-11H,12H2,(H,27,28)/b9-6+. The van der Waals surface area contributed by atoms with Gasteiger partial charge in [0.15, 0.2) is 6.61 Å². The molecule has 0 aliphatic carbocycles. The normalized spacial score (nSPS) is 11.6. The van der Waals surface area contributed by atoms with Gasteiger partial charge in [-0.3, -0.25) is 9.78 Å². The number of amides is 1. The van der Waals surface area contributed by atoms with Crippen molar-refractivity contribution in [3.63, 3.8) is 0 Å². The van der Waals surface area contributed by atoms with Gasteiger partial charge in [0, 0.05) is 28.2 Å². The first kappa shape index (κ1) is 21.3. The van der Waals surface area contributed by atoms with Crippen LogP contribution in [-0.2, 0) is 20.5 Å². The van der Waals surface area contributed by atoms with Crippen molar-refractivity contribution in [3.8, 4) is 0 Å². The first-order chi connectivity index (χ1) is 14.2. The highest BCUT2D eigenvalue weighted by atomic mass is 35.5. The molecule has 1 N–H and O–H groups in total. The molecular formula is C21H14ClF3N2O3. The lowest BCUT2D eigenvalue weighted by atomic mass is 10.1. The van der Waals surface area contributed by atoms with Gasteiger partial charge in [-0.05, 0) is 30.3 Å². The Morgan fingerprint density at radius 1 is 1.13 bits per heavy atom. The number of carbonyl (C=O) groups is 2. The van der Waals surface area contributed by atoms with Crippen LogP contribution in [0, 0.1) is 0 Å². The van der Waals surface area contributed by atoms with Gasteiger partial charge in [0.25, 0.3) is 5.91 Å². The van der Waals surface area contributed by atoms with Crippen LogP contribution >= 0.6 is 11.6 Å². The number of halogens is 4. The Bertz CT molecular complexity index is 1120. The fraction of sp³-hybridized carbons (Fsp3) is 0.0952. The molecule has 0 spiro atoms. The predicted molar refractivity (Wildman–Crippen MR) is 107 cm³/mol. The van der Waals surface area contributed by atoms with Crippen molar-refractivity contribution >= 4 is 46.1 Å². The zero-order chi connectivity index (χ0) is 21.7. The summed E-state index contributed by atoms with van der Waals surface area (Å²) < 4.78 is 44.0. The highest BCUT2D eigenvalue weighted by Gasteiger charge is 2.34. The minimum Gasteiger partial charge on any atom is -0.452 e. The van der Waals surface area contributed by atoms with Crippen LogP contribution in [0.3, 0.4) is 0 Å². The van der Waals surface area contributed by atoms with Crippen LogP contribution in [0.15, 0.2) is 60.8 Å². The maximum atomic E-state index is 13.1. The van der Waals surface area contributed by atoms with Gasteiger partial charge in [-0.1, -0.05) is 35.9 Å². The van der Waals surface area contributed by atoms with E-state index in [0.29, 0.717) is 17.1 Å². The highest BCUT2D eigenvalue weighted by molar-refractivity contribution is 6.30. The number of nitrogens with zero attached hydrogens (tertiary/aromatic N) is 1. The Hall–Kier alpha value is -3.39. The summed E-state index contributed by atoms with van der Waals surface area (Å²) in [7, 11) is 0. The molecule has 0 aliphatic heterocycles. The number of aromatic nitrogens is 1. The van der Waals surface area contributed by atoms with Crippen LogP contribution in [-0.4, -0.2) is 23.5 Å². The minimum absolute atomic E-state index is 0.125. The fourth-order valence-corrected chi connectivity index (χ4v) is 2.82. The molecule has 0 saturated heterocycles. The van der Waals surface area contributed by atoms with E-state index in [4.69, 9.17) is 16.3 Å². The van der Waals surface area contributed by atoms with E-state index >= 15 is 0 Å². The van der Waals surface area contributed by atoms with Crippen LogP contribution in [0.25, 0.3) is 17.0 Å². The molecule has 1 heterocycles. The number of benzene rings is 2. The Morgan fingerprint density at radius 3 is 2.67 bits per heavy atom. The fourth-order valence-electron chi connectivity index (χ4n) is 2.65. The van der Waals surface area contributed by atoms with E-state index in [9.17, 15) is 22.8 Å². The van der Waals surface area contributed by atoms with Crippen LogP contribution in [0.2, 0.25) is 5.02 Å². The lowest BCUT2D eigenvalue weighted by Gasteiger charge is -2.14. The summed E-state index contributed by atoms with van der Waals surface area (Å²) in [5, 5.41) is 2.83. The lowest BCUT2D eigenvalue weighted by molar-refractivity contribution is -0.142. The maximum absolute atomic E-state index is 13.1. The third-order valence-electron chi connectivity index (χ3n) is 3.97. The summed E-state index contributed by atoms with van der Waals surface area (Å²) in [4.78, 5) is 28.0. The summed E-state index contributed by atoms with van der Waals surface area (Å²) in [6.07, 6.45) is -0.496. The van der Waals surface area contributed by atoms with E-state index in [0.717, 1.165) is 17.5 Å². The molecular weight excluding hydrogens is 421 g/mol. The first-order valence-corrected chi connectivity index (χ1v) is 8.97. The number of esters is 1. The monoisotopic (exact) mass is 434 g/mol. The number of pyridine rings is 1. The molecule has 0 atom stereocenters. The van der Waals surface area contributed by atoms with E-state index in [1.165, 1.54) is 12.1 Å². The first-order valence-electron chi connectivity index (χ1n) is 8.59. The third kappa shape index (κ3) is 5.36. The van der Waals surface area contributed by atoms with Crippen molar-refractivity contribution in [2.75, 3.05) is 11.9 Å². The smallest absolute Gasteiger partial charge is 0.418 e. The molecule has 1 aromatic heterocycles. The van der Waals surface area contributed by atoms with Crippen molar-refractivity contribution in [2.24, 2.45) is 0 Å². The Kier molecular flexibility index (Phi) is 6.37. The highest BCUT2D eigenvalue weighted by Crippen LogP contribution is 2.36. The second-order valence-electron chi connectivity index (χ2n) is 6.10. The molecule has 0 aliphatic rings. The largest absolute Gasteiger partial charge is 0.452 e. The molecule has 154 valence electrons. The molecule has 2 aromatic carbocycles. The average Bonchev–Trinajstić information content (AvgIpc) is 2.71. The van der Waals surface area contributed by atoms with E-state index in [2.05, 4.69) is 10.3 Å². The summed E-state index contributed by atoms with van der Waals surface area (Å²) >= 11 is 5.59. The summed E-state index contributed by atoms with van der Waals surface area (Å²) in [6.45, 7) is -0.753. The number of rotatable bonds is 5. The Labute approximate surface area is 174 Å². The quantitative estimate of drug-likeness (QED) is 0.448. The van der Waals surface area contributed by atoms with E-state index in [1.807, 2.05) is 12.1 Å². The van der Waals surface area contributed by atoms with Gasteiger partial charge in [-0.15, -0.1) is 0 Å². The number of hydrogen-bond donors (Lipinski definition) is 1. The molecule has 1 amide bonds. The van der Waals surface area contributed by atoms with Crippen molar-refractivity contribution in [3.05, 3.63) is 77.0 Å². The van der Waals surface area contributed by atoms with Crippen molar-refractivity contribution < 1.29 is 27.5 Å². The Morgan fingerprint density at radius 2 is 1.90 bits per heavy atom. The Balaban J connectivity index is 1.61. The van der Waals surface area contributed by atoms with Crippen LogP contribution in [0.1, 0.15) is 11.1 Å². The number of fused-ring (bicyclic) bond motifs is 1. The molecule has 3 rings (SSSR count). The second-order valence-corrected chi connectivity index (χ2v) is 6.54. The van der Waals surface area contributed by atoms with Gasteiger partial charge >= 0.3 is 12.1 Å². The van der Waals surface area contributed by atoms with Crippen LogP contribution < -0.4 is 5.32 Å². The average molecular weight is 435 g/mol. The van der Waals surface area contributed by atoms with E-state index < -0.39 is 35.9 Å². The number of para-hydroxylation sites is 1. The van der Waals surface area contributed by atoms with Gasteiger partial charge in [0.1, 0.15) is 0 Å². The summed E-state index contributed by atoms with van der Waals surface area (Å²) in [5.41, 5.74) is -0.224. The van der Waals surface area contributed by atoms with Gasteiger partial charge in [0.05, 0.1) is 16.8 Å². The molecule has 3 aromatic rings. The molecule has 0 bridgehead atoms. The minimum atomic E-state index is -4.71. The lowest BCUT2D eigenvalue weighted by Crippen LogP contribution is -2.22. The van der Waals surface area contributed by atoms with Gasteiger partial charge < -0.3 is 10.1 Å². The number of ether oxygens (including phenoxy) is 1. The third-order valence-corrected chi connectivity index (χ3v) is 4.20. The number of nitrogens with one attached hydrogen (secondary N) is 1. The number of hydrogen-bond acceptors (Lipinski definition) is 4. The molecule has 0 saturated carbocycles. The van der Waals surface area contributed by atoms with Crippen molar-refractivity contribution in [2.45, 2.75) is 6.18 Å².